The van der Waals surface area contributed by atoms with Crippen LogP contribution in [0.15, 0.2) is 35.3 Å². The van der Waals surface area contributed by atoms with Crippen molar-refractivity contribution in [1.82, 2.24) is 10.6 Å². The summed E-state index contributed by atoms with van der Waals surface area (Å²) in [4.78, 5) is 4.17. The molecule has 0 fully saturated rings. The zero-order valence-electron chi connectivity index (χ0n) is 11.7. The van der Waals surface area contributed by atoms with Crippen molar-refractivity contribution in [2.75, 3.05) is 25.4 Å². The van der Waals surface area contributed by atoms with Gasteiger partial charge in [0.05, 0.1) is 12.3 Å². The van der Waals surface area contributed by atoms with Gasteiger partial charge in [-0.2, -0.15) is 0 Å². The Morgan fingerprint density at radius 3 is 2.55 bits per heavy atom. The highest BCUT2D eigenvalue weighted by molar-refractivity contribution is 7.89. The van der Waals surface area contributed by atoms with E-state index in [1.54, 1.807) is 0 Å². The van der Waals surface area contributed by atoms with Crippen LogP contribution in [0.4, 0.5) is 0 Å². The predicted molar refractivity (Wildman–Crippen MR) is 82.1 cm³/mol. The summed E-state index contributed by atoms with van der Waals surface area (Å²) in [7, 11) is -3.46. The maximum Gasteiger partial charge on any atom is 0.210 e. The molecule has 20 heavy (non-hydrogen) atoms. The molecular weight excluding hydrogens is 276 g/mol. The highest BCUT2D eigenvalue weighted by atomic mass is 32.2. The normalized spacial score (nSPS) is 12.2. The number of nitrogens with one attached hydrogen (secondary N) is 2. The minimum Gasteiger partial charge on any atom is -0.357 e. The number of guanidine groups is 1. The van der Waals surface area contributed by atoms with Gasteiger partial charge in [-0.15, -0.1) is 0 Å². The fourth-order valence-corrected chi connectivity index (χ4v) is 1.94. The van der Waals surface area contributed by atoms with Crippen molar-refractivity contribution in [2.24, 2.45) is 10.1 Å². The molecule has 0 saturated carbocycles. The molecule has 0 aromatic heterocycles. The second-order valence-electron chi connectivity index (χ2n) is 4.29. The zero-order valence-corrected chi connectivity index (χ0v) is 12.5. The number of nitrogens with zero attached hydrogens (tertiary/aromatic N) is 1. The van der Waals surface area contributed by atoms with Crippen LogP contribution in [0.5, 0.6) is 0 Å². The van der Waals surface area contributed by atoms with E-state index in [1.165, 1.54) is 5.56 Å². The monoisotopic (exact) mass is 298 g/mol. The van der Waals surface area contributed by atoms with E-state index in [-0.39, 0.29) is 12.3 Å². The Balaban J connectivity index is 2.40. The number of nitrogens with two attached hydrogens (primary N) is 1. The van der Waals surface area contributed by atoms with Crippen LogP contribution in [0, 0.1) is 0 Å². The molecule has 0 atom stereocenters. The van der Waals surface area contributed by atoms with Crippen molar-refractivity contribution in [3.8, 4) is 0 Å². The first kappa shape index (κ1) is 16.5. The van der Waals surface area contributed by atoms with E-state index >= 15 is 0 Å². The van der Waals surface area contributed by atoms with Gasteiger partial charge in [0.25, 0.3) is 0 Å². The third-order valence-corrected chi connectivity index (χ3v) is 3.29. The number of primary sulfonamides is 1. The van der Waals surface area contributed by atoms with E-state index in [4.69, 9.17) is 5.14 Å². The Morgan fingerprint density at radius 1 is 1.25 bits per heavy atom. The Morgan fingerprint density at radius 2 is 1.95 bits per heavy atom. The minimum atomic E-state index is -3.46. The summed E-state index contributed by atoms with van der Waals surface area (Å²) in [6.45, 7) is 3.55. The fourth-order valence-electron chi connectivity index (χ4n) is 1.60. The molecule has 7 heteroatoms. The molecule has 4 N–H and O–H groups in total. The smallest absolute Gasteiger partial charge is 0.210 e. The molecule has 0 aliphatic heterocycles. The van der Waals surface area contributed by atoms with Crippen LogP contribution in [0.3, 0.4) is 0 Å². The van der Waals surface area contributed by atoms with Gasteiger partial charge >= 0.3 is 0 Å². The van der Waals surface area contributed by atoms with Crippen molar-refractivity contribution in [1.29, 1.82) is 0 Å². The lowest BCUT2D eigenvalue weighted by Crippen LogP contribution is -2.38. The van der Waals surface area contributed by atoms with Crippen LogP contribution in [-0.2, 0) is 16.4 Å². The Kier molecular flexibility index (Phi) is 7.03. The minimum absolute atomic E-state index is 0.151. The summed E-state index contributed by atoms with van der Waals surface area (Å²) in [5, 5.41) is 11.2. The quantitative estimate of drug-likeness (QED) is 0.490. The molecule has 0 spiro atoms. The van der Waals surface area contributed by atoms with Crippen LogP contribution in [-0.4, -0.2) is 39.8 Å². The van der Waals surface area contributed by atoms with Crippen LogP contribution >= 0.6 is 0 Å². The lowest BCUT2D eigenvalue weighted by atomic mass is 10.1. The number of benzene rings is 1. The topological polar surface area (TPSA) is 96.6 Å². The molecule has 0 bridgehead atoms. The second kappa shape index (κ2) is 8.55. The molecule has 1 rings (SSSR count). The van der Waals surface area contributed by atoms with Gasteiger partial charge in [-0.05, 0) is 18.9 Å². The van der Waals surface area contributed by atoms with Gasteiger partial charge in [0.1, 0.15) is 0 Å². The summed E-state index contributed by atoms with van der Waals surface area (Å²) >= 11 is 0. The summed E-state index contributed by atoms with van der Waals surface area (Å²) in [6, 6.07) is 10.1. The predicted octanol–water partition coefficient (Wildman–Crippen LogP) is 0.0727. The third-order valence-electron chi connectivity index (χ3n) is 2.54. The molecule has 0 unspecified atom stereocenters. The Hall–Kier alpha value is -1.60. The molecule has 0 amide bonds. The van der Waals surface area contributed by atoms with Crippen LogP contribution in [0.2, 0.25) is 0 Å². The van der Waals surface area contributed by atoms with Gasteiger partial charge in [-0.1, -0.05) is 30.3 Å². The molecule has 0 heterocycles. The first-order chi connectivity index (χ1) is 9.51. The van der Waals surface area contributed by atoms with E-state index in [0.29, 0.717) is 12.5 Å². The number of sulfonamides is 1. The highest BCUT2D eigenvalue weighted by Gasteiger charge is 2.02. The van der Waals surface area contributed by atoms with Crippen molar-refractivity contribution in [3.05, 3.63) is 35.9 Å². The number of hydrogen-bond donors (Lipinski definition) is 3. The second-order valence-corrected chi connectivity index (χ2v) is 6.02. The lowest BCUT2D eigenvalue weighted by molar-refractivity contribution is 0.597. The molecule has 0 aliphatic carbocycles. The average Bonchev–Trinajstić information content (AvgIpc) is 2.38. The van der Waals surface area contributed by atoms with Gasteiger partial charge in [0.2, 0.25) is 10.0 Å². The van der Waals surface area contributed by atoms with Crippen molar-refractivity contribution in [3.63, 3.8) is 0 Å². The Bertz CT molecular complexity index is 514. The molecular formula is C13H22N4O2S. The maximum atomic E-state index is 10.8. The summed E-state index contributed by atoms with van der Waals surface area (Å²) in [6.07, 6.45) is 0.875. The maximum absolute atomic E-state index is 10.8. The first-order valence-electron chi connectivity index (χ1n) is 6.58. The third kappa shape index (κ3) is 7.75. The van der Waals surface area contributed by atoms with Crippen molar-refractivity contribution in [2.45, 2.75) is 13.3 Å². The molecule has 0 radical (unpaired) electrons. The van der Waals surface area contributed by atoms with Crippen molar-refractivity contribution < 1.29 is 8.42 Å². The fraction of sp³-hybridized carbons (Fsp3) is 0.462. The Labute approximate surface area is 120 Å². The van der Waals surface area contributed by atoms with Crippen LogP contribution in [0.25, 0.3) is 0 Å². The summed E-state index contributed by atoms with van der Waals surface area (Å²) in [5.41, 5.74) is 1.24. The number of hydrogen-bond acceptors (Lipinski definition) is 3. The lowest BCUT2D eigenvalue weighted by Gasteiger charge is -2.11. The van der Waals surface area contributed by atoms with Crippen LogP contribution < -0.4 is 15.8 Å². The van der Waals surface area contributed by atoms with Gasteiger partial charge in [-0.3, -0.25) is 4.99 Å². The van der Waals surface area contributed by atoms with Gasteiger partial charge < -0.3 is 10.6 Å². The van der Waals surface area contributed by atoms with E-state index in [1.807, 2.05) is 25.1 Å². The largest absolute Gasteiger partial charge is 0.357 e. The number of aliphatic imine (C=N–C) groups is 1. The summed E-state index contributed by atoms with van der Waals surface area (Å²) < 4.78 is 21.7. The van der Waals surface area contributed by atoms with E-state index in [0.717, 1.165) is 13.0 Å². The molecule has 112 valence electrons. The zero-order chi connectivity index (χ0) is 14.8. The molecule has 1 aromatic carbocycles. The van der Waals surface area contributed by atoms with Crippen LogP contribution in [0.1, 0.15) is 12.5 Å². The van der Waals surface area contributed by atoms with Gasteiger partial charge in [-0.25, -0.2) is 13.6 Å². The van der Waals surface area contributed by atoms with E-state index in [2.05, 4.69) is 27.8 Å². The highest BCUT2D eigenvalue weighted by Crippen LogP contribution is 1.97. The number of rotatable bonds is 7. The van der Waals surface area contributed by atoms with Gasteiger partial charge in [0.15, 0.2) is 5.96 Å². The molecule has 6 nitrogen and oxygen atoms in total. The first-order valence-corrected chi connectivity index (χ1v) is 8.29. The van der Waals surface area contributed by atoms with Gasteiger partial charge in [0, 0.05) is 13.1 Å². The van der Waals surface area contributed by atoms with Crippen molar-refractivity contribution >= 4 is 16.0 Å². The van der Waals surface area contributed by atoms with E-state index < -0.39 is 10.0 Å². The molecule has 0 aliphatic rings. The summed E-state index contributed by atoms with van der Waals surface area (Å²) in [5.74, 6) is 0.453. The standard InChI is InChI=1S/C13H22N4O2S/c1-2-15-13(17-10-11-20(14,18)19)16-9-8-12-6-4-3-5-7-12/h3-7H,2,8-11H2,1H3,(H2,14,18,19)(H2,15,16,17). The average molecular weight is 298 g/mol. The van der Waals surface area contributed by atoms with E-state index in [9.17, 15) is 8.42 Å². The SMILES string of the molecule is CCNC(=NCCS(N)(=O)=O)NCCc1ccccc1. The molecule has 0 saturated heterocycles. The molecule has 1 aromatic rings.